The number of carbonyl (C=O) groups excluding carboxylic acids is 1. The Hall–Kier alpha value is -2.54. The molecule has 24 heavy (non-hydrogen) atoms. The molecule has 1 saturated heterocycles. The molecule has 1 fully saturated rings. The van der Waals surface area contributed by atoms with Gasteiger partial charge in [-0.3, -0.25) is 14.9 Å². The highest BCUT2D eigenvalue weighted by Gasteiger charge is 2.45. The van der Waals surface area contributed by atoms with Crippen molar-refractivity contribution in [2.75, 3.05) is 5.75 Å². The number of benzene rings is 2. The van der Waals surface area contributed by atoms with Gasteiger partial charge in [-0.05, 0) is 24.1 Å². The zero-order valence-corrected chi connectivity index (χ0v) is 13.5. The minimum atomic E-state index is -3.54. The van der Waals surface area contributed by atoms with Crippen LogP contribution in [0.25, 0.3) is 0 Å². The molecule has 0 amide bonds. The molecular weight excluding hydrogens is 330 g/mol. The molecule has 124 valence electrons. The molecule has 2 aromatic carbocycles. The molecule has 0 N–H and O–H groups in total. The number of sulfone groups is 1. The van der Waals surface area contributed by atoms with Gasteiger partial charge in [-0.1, -0.05) is 30.3 Å². The second-order valence-corrected chi connectivity index (χ2v) is 8.00. The van der Waals surface area contributed by atoms with Crippen molar-refractivity contribution < 1.29 is 18.1 Å². The number of rotatable bonds is 4. The third kappa shape index (κ3) is 2.94. The van der Waals surface area contributed by atoms with Gasteiger partial charge in [-0.15, -0.1) is 0 Å². The fraction of sp³-hybridized carbons (Fsp3) is 0.235. The zero-order chi connectivity index (χ0) is 17.3. The highest BCUT2D eigenvalue weighted by Crippen LogP contribution is 2.37. The fourth-order valence-electron chi connectivity index (χ4n) is 3.12. The SMILES string of the molecule is O=C(c1ccc([N+](=O)[O-])cc1)C1C(c2ccccc2)CCS1(=O)=O. The quantitative estimate of drug-likeness (QED) is 0.482. The molecule has 0 aliphatic carbocycles. The van der Waals surface area contributed by atoms with Gasteiger partial charge in [0.25, 0.3) is 5.69 Å². The van der Waals surface area contributed by atoms with Gasteiger partial charge in [0, 0.05) is 23.6 Å². The topological polar surface area (TPSA) is 94.3 Å². The van der Waals surface area contributed by atoms with Crippen molar-refractivity contribution in [3.05, 3.63) is 75.8 Å². The first kappa shape index (κ1) is 16.3. The third-order valence-corrected chi connectivity index (χ3v) is 6.44. The van der Waals surface area contributed by atoms with E-state index in [0.29, 0.717) is 6.42 Å². The standard InChI is InChI=1S/C17H15NO5S/c19-16(13-6-8-14(9-7-13)18(20)21)17-15(10-11-24(17,22)23)12-4-2-1-3-5-12/h1-9,15,17H,10-11H2. The van der Waals surface area contributed by atoms with E-state index in [1.54, 1.807) is 0 Å². The Bertz CT molecular complexity index is 875. The van der Waals surface area contributed by atoms with Crippen LogP contribution in [0.3, 0.4) is 0 Å². The van der Waals surface area contributed by atoms with Crippen molar-refractivity contribution in [1.82, 2.24) is 0 Å². The number of carbonyl (C=O) groups is 1. The maximum absolute atomic E-state index is 12.8. The predicted octanol–water partition coefficient (Wildman–Crippen LogP) is 2.75. The minimum absolute atomic E-state index is 0.0318. The molecule has 6 nitrogen and oxygen atoms in total. The van der Waals surface area contributed by atoms with Crippen LogP contribution in [0.1, 0.15) is 28.3 Å². The number of Topliss-reactive ketones (excluding diaryl/α,β-unsaturated/α-hetero) is 1. The molecule has 1 heterocycles. The first-order chi connectivity index (χ1) is 11.4. The first-order valence-corrected chi connectivity index (χ1v) is 9.17. The van der Waals surface area contributed by atoms with Crippen molar-refractivity contribution in [2.45, 2.75) is 17.6 Å². The number of non-ortho nitro benzene ring substituents is 1. The van der Waals surface area contributed by atoms with Crippen molar-refractivity contribution in [2.24, 2.45) is 0 Å². The fourth-order valence-corrected chi connectivity index (χ4v) is 5.21. The number of nitrogens with zero attached hydrogens (tertiary/aromatic N) is 1. The molecular formula is C17H15NO5S. The molecule has 3 rings (SSSR count). The molecule has 2 atom stereocenters. The molecule has 0 spiro atoms. The normalized spacial score (nSPS) is 22.2. The lowest BCUT2D eigenvalue weighted by Gasteiger charge is -2.18. The molecule has 7 heteroatoms. The summed E-state index contributed by atoms with van der Waals surface area (Å²) in [6.07, 6.45) is 0.399. The van der Waals surface area contributed by atoms with Crippen LogP contribution in [0.15, 0.2) is 54.6 Å². The number of hydrogen-bond donors (Lipinski definition) is 0. The summed E-state index contributed by atoms with van der Waals surface area (Å²) in [5, 5.41) is 9.57. The second-order valence-electron chi connectivity index (χ2n) is 5.76. The van der Waals surface area contributed by atoms with Crippen LogP contribution in [-0.4, -0.2) is 30.1 Å². The van der Waals surface area contributed by atoms with Crippen LogP contribution in [0.5, 0.6) is 0 Å². The molecule has 0 aromatic heterocycles. The van der Waals surface area contributed by atoms with E-state index in [4.69, 9.17) is 0 Å². The van der Waals surface area contributed by atoms with E-state index in [1.807, 2.05) is 30.3 Å². The molecule has 0 saturated carbocycles. The number of ketones is 1. The summed E-state index contributed by atoms with van der Waals surface area (Å²) in [6, 6.07) is 14.2. The summed E-state index contributed by atoms with van der Waals surface area (Å²) in [5.41, 5.74) is 0.858. The lowest BCUT2D eigenvalue weighted by molar-refractivity contribution is -0.384. The Kier molecular flexibility index (Phi) is 4.19. The minimum Gasteiger partial charge on any atom is -0.293 e. The van der Waals surface area contributed by atoms with Crippen molar-refractivity contribution in [1.29, 1.82) is 0 Å². The summed E-state index contributed by atoms with van der Waals surface area (Å²) < 4.78 is 24.8. The Morgan fingerprint density at radius 2 is 1.67 bits per heavy atom. The summed E-state index contributed by atoms with van der Waals surface area (Å²) >= 11 is 0. The Morgan fingerprint density at radius 3 is 2.25 bits per heavy atom. The van der Waals surface area contributed by atoms with Crippen LogP contribution in [0.2, 0.25) is 0 Å². The highest BCUT2D eigenvalue weighted by atomic mass is 32.2. The first-order valence-electron chi connectivity index (χ1n) is 7.45. The largest absolute Gasteiger partial charge is 0.293 e. The lowest BCUT2D eigenvalue weighted by atomic mass is 9.89. The van der Waals surface area contributed by atoms with Gasteiger partial charge < -0.3 is 0 Å². The lowest BCUT2D eigenvalue weighted by Crippen LogP contribution is -2.31. The van der Waals surface area contributed by atoms with Crippen LogP contribution in [-0.2, 0) is 9.84 Å². The number of nitro groups is 1. The molecule has 0 radical (unpaired) electrons. The smallest absolute Gasteiger partial charge is 0.269 e. The van der Waals surface area contributed by atoms with Crippen molar-refractivity contribution >= 4 is 21.3 Å². The summed E-state index contributed by atoms with van der Waals surface area (Å²) in [6.45, 7) is 0. The Balaban J connectivity index is 1.97. The number of nitro benzene ring substituents is 1. The van der Waals surface area contributed by atoms with Crippen LogP contribution < -0.4 is 0 Å². The Labute approximate surface area is 139 Å². The van der Waals surface area contributed by atoms with Gasteiger partial charge in [0.2, 0.25) is 0 Å². The van der Waals surface area contributed by atoms with E-state index in [0.717, 1.165) is 5.56 Å². The average molecular weight is 345 g/mol. The maximum atomic E-state index is 12.8. The Morgan fingerprint density at radius 1 is 1.04 bits per heavy atom. The van der Waals surface area contributed by atoms with E-state index in [9.17, 15) is 23.3 Å². The molecule has 0 bridgehead atoms. The summed E-state index contributed by atoms with van der Waals surface area (Å²) in [7, 11) is -3.54. The maximum Gasteiger partial charge on any atom is 0.269 e. The van der Waals surface area contributed by atoms with Crippen molar-refractivity contribution in [3.8, 4) is 0 Å². The van der Waals surface area contributed by atoms with Gasteiger partial charge in [-0.25, -0.2) is 8.42 Å². The summed E-state index contributed by atoms with van der Waals surface area (Å²) in [4.78, 5) is 22.9. The van der Waals surface area contributed by atoms with E-state index in [-0.39, 0.29) is 22.9 Å². The van der Waals surface area contributed by atoms with Gasteiger partial charge >= 0.3 is 0 Å². The predicted molar refractivity (Wildman–Crippen MR) is 88.8 cm³/mol. The molecule has 2 unspecified atom stereocenters. The van der Waals surface area contributed by atoms with Gasteiger partial charge in [0.1, 0.15) is 5.25 Å². The molecule has 1 aliphatic heterocycles. The van der Waals surface area contributed by atoms with E-state index in [1.165, 1.54) is 24.3 Å². The zero-order valence-electron chi connectivity index (χ0n) is 12.7. The third-order valence-electron chi connectivity index (χ3n) is 4.31. The van der Waals surface area contributed by atoms with E-state index in [2.05, 4.69) is 0 Å². The van der Waals surface area contributed by atoms with Crippen LogP contribution in [0.4, 0.5) is 5.69 Å². The number of hydrogen-bond acceptors (Lipinski definition) is 5. The monoisotopic (exact) mass is 345 g/mol. The highest BCUT2D eigenvalue weighted by molar-refractivity contribution is 7.93. The van der Waals surface area contributed by atoms with Crippen LogP contribution >= 0.6 is 0 Å². The average Bonchev–Trinajstić information content (AvgIpc) is 2.90. The van der Waals surface area contributed by atoms with E-state index < -0.39 is 25.8 Å². The molecule has 1 aliphatic rings. The van der Waals surface area contributed by atoms with Gasteiger partial charge in [-0.2, -0.15) is 0 Å². The van der Waals surface area contributed by atoms with E-state index >= 15 is 0 Å². The second kappa shape index (κ2) is 6.16. The summed E-state index contributed by atoms with van der Waals surface area (Å²) in [5.74, 6) is -0.925. The van der Waals surface area contributed by atoms with Gasteiger partial charge in [0.15, 0.2) is 15.6 Å². The van der Waals surface area contributed by atoms with Crippen LogP contribution in [0, 0.1) is 10.1 Å². The van der Waals surface area contributed by atoms with Crippen molar-refractivity contribution in [3.63, 3.8) is 0 Å². The molecule has 2 aromatic rings. The van der Waals surface area contributed by atoms with Gasteiger partial charge in [0.05, 0.1) is 10.7 Å².